The van der Waals surface area contributed by atoms with Gasteiger partial charge >= 0.3 is 0 Å². The van der Waals surface area contributed by atoms with Gasteiger partial charge in [0.05, 0.1) is 17.0 Å². The van der Waals surface area contributed by atoms with E-state index in [2.05, 4.69) is 73.2 Å². The number of aromatic nitrogens is 1. The summed E-state index contributed by atoms with van der Waals surface area (Å²) in [5.74, 6) is 0.941. The lowest BCUT2D eigenvalue weighted by atomic mass is 10.2. The summed E-state index contributed by atoms with van der Waals surface area (Å²) in [6.07, 6.45) is 13.0. The maximum absolute atomic E-state index is 5.93. The highest BCUT2D eigenvalue weighted by Crippen LogP contribution is 2.28. The van der Waals surface area contributed by atoms with Crippen LogP contribution in [-0.2, 0) is 0 Å². The molecule has 0 bridgehead atoms. The summed E-state index contributed by atoms with van der Waals surface area (Å²) in [5, 5.41) is 1.19. The van der Waals surface area contributed by atoms with E-state index in [1.54, 1.807) is 0 Å². The predicted molar refractivity (Wildman–Crippen MR) is 120 cm³/mol. The zero-order chi connectivity index (χ0) is 19.5. The number of rotatable bonds is 12. The van der Waals surface area contributed by atoms with E-state index in [1.807, 2.05) is 6.08 Å². The van der Waals surface area contributed by atoms with E-state index in [1.165, 1.54) is 46.5 Å². The molecule has 0 amide bonds. The highest BCUT2D eigenvalue weighted by Gasteiger charge is 2.05. The van der Waals surface area contributed by atoms with Gasteiger partial charge in [0.2, 0.25) is 0 Å². The van der Waals surface area contributed by atoms with Crippen LogP contribution in [0.3, 0.4) is 0 Å². The second kappa shape index (κ2) is 11.7. The molecular weight excluding hydrogens is 352 g/mol. The van der Waals surface area contributed by atoms with Crippen molar-refractivity contribution in [3.63, 3.8) is 0 Å². The zero-order valence-corrected chi connectivity index (χ0v) is 17.7. The van der Waals surface area contributed by atoms with Gasteiger partial charge in [0, 0.05) is 11.9 Å². The number of hydrogen-bond donors (Lipinski definition) is 0. The molecule has 27 heavy (non-hydrogen) atoms. The van der Waals surface area contributed by atoms with Gasteiger partial charge in [-0.2, -0.15) is 4.37 Å². The molecule has 2 rings (SSSR count). The van der Waals surface area contributed by atoms with Crippen molar-refractivity contribution in [1.82, 2.24) is 9.27 Å². The lowest BCUT2D eigenvalue weighted by molar-refractivity contribution is 0.300. The number of ether oxygens (including phenoxy) is 1. The van der Waals surface area contributed by atoms with E-state index in [0.717, 1.165) is 37.6 Å². The Morgan fingerprint density at radius 2 is 2.04 bits per heavy atom. The molecule has 2 aromatic rings. The van der Waals surface area contributed by atoms with Crippen LogP contribution in [0.25, 0.3) is 16.2 Å². The summed E-state index contributed by atoms with van der Waals surface area (Å²) in [5.41, 5.74) is 2.31. The standard InChI is InChI=1S/C23H32N2OS/c1-5-15-25(4)16-8-6-7-9-17-26-20-13-14-21-22(12-10-11-19(2)3)24-27-23(21)18-20/h5,10-14,18H,1,6-9,15-17H2,2-4H3. The van der Waals surface area contributed by atoms with E-state index >= 15 is 0 Å². The first-order valence-electron chi connectivity index (χ1n) is 9.73. The Kier molecular flexibility index (Phi) is 9.29. The topological polar surface area (TPSA) is 25.4 Å². The van der Waals surface area contributed by atoms with Gasteiger partial charge < -0.3 is 9.64 Å². The van der Waals surface area contributed by atoms with E-state index < -0.39 is 0 Å². The van der Waals surface area contributed by atoms with Gasteiger partial charge in [-0.25, -0.2) is 0 Å². The molecule has 0 saturated carbocycles. The first-order valence-corrected chi connectivity index (χ1v) is 10.5. The molecule has 146 valence electrons. The molecule has 1 heterocycles. The Hall–Kier alpha value is -1.91. The van der Waals surface area contributed by atoms with Crippen molar-refractivity contribution in [2.45, 2.75) is 39.5 Å². The molecule has 0 radical (unpaired) electrons. The average molecular weight is 385 g/mol. The van der Waals surface area contributed by atoms with Gasteiger partial charge in [0.15, 0.2) is 0 Å². The number of nitrogens with zero attached hydrogens (tertiary/aromatic N) is 2. The fourth-order valence-electron chi connectivity index (χ4n) is 2.82. The van der Waals surface area contributed by atoms with E-state index in [-0.39, 0.29) is 0 Å². The van der Waals surface area contributed by atoms with Crippen molar-refractivity contribution < 1.29 is 4.74 Å². The van der Waals surface area contributed by atoms with Gasteiger partial charge in [0.1, 0.15) is 5.75 Å². The molecule has 0 saturated heterocycles. The number of fused-ring (bicyclic) bond motifs is 1. The molecule has 0 N–H and O–H groups in total. The first-order chi connectivity index (χ1) is 13.1. The summed E-state index contributed by atoms with van der Waals surface area (Å²) in [6.45, 7) is 10.8. The molecule has 0 fully saturated rings. The quantitative estimate of drug-likeness (QED) is 0.243. The van der Waals surface area contributed by atoms with Gasteiger partial charge in [-0.3, -0.25) is 0 Å². The van der Waals surface area contributed by atoms with Crippen LogP contribution in [0.1, 0.15) is 45.2 Å². The van der Waals surface area contributed by atoms with Gasteiger partial charge in [-0.15, -0.1) is 6.58 Å². The predicted octanol–water partition coefficient (Wildman–Crippen LogP) is 6.33. The SMILES string of the molecule is C=CCN(C)CCCCCCOc1ccc2c(C=CC=C(C)C)nsc2c1. The average Bonchev–Trinajstić information content (AvgIpc) is 3.03. The minimum atomic E-state index is 0.778. The first kappa shape index (κ1) is 21.4. The Bertz CT molecular complexity index is 772. The molecule has 3 nitrogen and oxygen atoms in total. The molecule has 1 aromatic heterocycles. The van der Waals surface area contributed by atoms with Crippen LogP contribution in [0.15, 0.2) is 48.6 Å². The normalized spacial score (nSPS) is 11.4. The van der Waals surface area contributed by atoms with E-state index in [9.17, 15) is 0 Å². The van der Waals surface area contributed by atoms with Crippen molar-refractivity contribution in [3.05, 3.63) is 54.3 Å². The summed E-state index contributed by atoms with van der Waals surface area (Å²) in [7, 11) is 2.14. The number of allylic oxidation sites excluding steroid dienone is 3. The Morgan fingerprint density at radius 1 is 1.22 bits per heavy atom. The Balaban J connectivity index is 1.74. The van der Waals surface area contributed by atoms with Crippen LogP contribution in [0.2, 0.25) is 0 Å². The summed E-state index contributed by atoms with van der Waals surface area (Å²) < 4.78 is 11.7. The molecule has 0 spiro atoms. The van der Waals surface area contributed by atoms with Gasteiger partial charge in [-0.05, 0) is 76.1 Å². The number of unbranched alkanes of at least 4 members (excludes halogenated alkanes) is 3. The highest BCUT2D eigenvalue weighted by atomic mass is 32.1. The molecule has 0 aliphatic heterocycles. The van der Waals surface area contributed by atoms with Gasteiger partial charge in [0.25, 0.3) is 0 Å². The summed E-state index contributed by atoms with van der Waals surface area (Å²) >= 11 is 1.53. The van der Waals surface area contributed by atoms with Crippen LogP contribution in [0.5, 0.6) is 5.75 Å². The molecular formula is C23H32N2OS. The van der Waals surface area contributed by atoms with Crippen molar-refractivity contribution in [3.8, 4) is 5.75 Å². The monoisotopic (exact) mass is 384 g/mol. The number of benzene rings is 1. The van der Waals surface area contributed by atoms with Crippen molar-refractivity contribution in [1.29, 1.82) is 0 Å². The lowest BCUT2D eigenvalue weighted by Gasteiger charge is -2.13. The molecule has 0 aliphatic carbocycles. The molecule has 4 heteroatoms. The molecule has 0 aliphatic rings. The maximum atomic E-state index is 5.93. The van der Waals surface area contributed by atoms with E-state index in [0.29, 0.717) is 0 Å². The minimum Gasteiger partial charge on any atom is -0.494 e. The third-order valence-corrected chi connectivity index (χ3v) is 5.12. The van der Waals surface area contributed by atoms with Crippen molar-refractivity contribution >= 4 is 27.7 Å². The molecule has 1 aromatic carbocycles. The minimum absolute atomic E-state index is 0.778. The highest BCUT2D eigenvalue weighted by molar-refractivity contribution is 7.13. The van der Waals surface area contributed by atoms with Crippen molar-refractivity contribution in [2.75, 3.05) is 26.7 Å². The molecule has 0 unspecified atom stereocenters. The second-order valence-corrected chi connectivity index (χ2v) is 7.95. The van der Waals surface area contributed by atoms with E-state index in [4.69, 9.17) is 4.74 Å². The summed E-state index contributed by atoms with van der Waals surface area (Å²) in [4.78, 5) is 2.30. The molecule has 0 atom stereocenters. The van der Waals surface area contributed by atoms with Crippen molar-refractivity contribution in [2.24, 2.45) is 0 Å². The lowest BCUT2D eigenvalue weighted by Crippen LogP contribution is -2.19. The van der Waals surface area contributed by atoms with Crippen LogP contribution in [0.4, 0.5) is 0 Å². The van der Waals surface area contributed by atoms with Crippen LogP contribution in [-0.4, -0.2) is 36.0 Å². The Labute approximate surface area is 168 Å². The zero-order valence-electron chi connectivity index (χ0n) is 16.9. The third kappa shape index (κ3) is 7.69. The van der Waals surface area contributed by atoms with Crippen LogP contribution < -0.4 is 4.74 Å². The van der Waals surface area contributed by atoms with Crippen LogP contribution in [0, 0.1) is 0 Å². The smallest absolute Gasteiger partial charge is 0.120 e. The number of hydrogen-bond acceptors (Lipinski definition) is 4. The second-order valence-electron chi connectivity index (χ2n) is 7.14. The summed E-state index contributed by atoms with van der Waals surface area (Å²) in [6, 6.07) is 6.28. The maximum Gasteiger partial charge on any atom is 0.120 e. The number of likely N-dealkylation sites (N-methyl/N-ethyl adjacent to an activating group) is 1. The Morgan fingerprint density at radius 3 is 2.81 bits per heavy atom. The van der Waals surface area contributed by atoms with Crippen LogP contribution >= 0.6 is 11.5 Å². The fourth-order valence-corrected chi connectivity index (χ4v) is 3.61. The third-order valence-electron chi connectivity index (χ3n) is 4.30. The fraction of sp³-hybridized carbons (Fsp3) is 0.435. The largest absolute Gasteiger partial charge is 0.494 e. The van der Waals surface area contributed by atoms with Gasteiger partial charge in [-0.1, -0.05) is 36.6 Å².